The van der Waals surface area contributed by atoms with Crippen molar-refractivity contribution in [3.63, 3.8) is 0 Å². The fraction of sp³-hybridized carbons (Fsp3) is 0.0690. The van der Waals surface area contributed by atoms with Crippen LogP contribution in [0.2, 0.25) is 5.02 Å². The minimum atomic E-state index is -4.09. The van der Waals surface area contributed by atoms with Gasteiger partial charge in [0.2, 0.25) is 0 Å². The molecular weight excluding hydrogens is 556 g/mol. The molecule has 1 heterocycles. The molecule has 4 aromatic carbocycles. The zero-order chi connectivity index (χ0) is 27.6. The first kappa shape index (κ1) is 26.7. The fourth-order valence-electron chi connectivity index (χ4n) is 4.27. The summed E-state index contributed by atoms with van der Waals surface area (Å²) < 4.78 is 58.9. The van der Waals surface area contributed by atoms with E-state index in [4.69, 9.17) is 16.0 Å². The highest BCUT2D eigenvalue weighted by atomic mass is 35.5. The average Bonchev–Trinajstić information content (AvgIpc) is 3.41. The first-order valence-electron chi connectivity index (χ1n) is 11.8. The van der Waals surface area contributed by atoms with Gasteiger partial charge >= 0.3 is 0 Å². The minimum absolute atomic E-state index is 0.0569. The molecule has 0 bridgehead atoms. The Morgan fingerprint density at radius 2 is 1.44 bits per heavy atom. The van der Waals surface area contributed by atoms with Gasteiger partial charge in [-0.05, 0) is 76.2 Å². The van der Waals surface area contributed by atoms with Crippen molar-refractivity contribution in [2.24, 2.45) is 0 Å². The molecule has 0 spiro atoms. The molecule has 10 heteroatoms. The molecule has 0 fully saturated rings. The summed E-state index contributed by atoms with van der Waals surface area (Å²) in [6.45, 7) is 0. The van der Waals surface area contributed by atoms with Gasteiger partial charge in [0.1, 0.15) is 6.26 Å². The van der Waals surface area contributed by atoms with Crippen LogP contribution in [0.4, 0.5) is 5.82 Å². The number of anilines is 1. The molecular formula is C29H23ClN2O5S2. The van der Waals surface area contributed by atoms with Crippen LogP contribution in [-0.2, 0) is 26.3 Å². The van der Waals surface area contributed by atoms with Gasteiger partial charge in [-0.1, -0.05) is 66.2 Å². The maximum absolute atomic E-state index is 13.7. The number of hydrogen-bond acceptors (Lipinski definition) is 6. The SMILES string of the molecule is CS(=O)(=O)c1ccc(-c2cc(S(=O)(=O)Nc3cocn3)c(Cc3ccccc3)cc2-c2ccc(Cl)cc2)cc1. The van der Waals surface area contributed by atoms with Crippen LogP contribution in [0.3, 0.4) is 0 Å². The van der Waals surface area contributed by atoms with Gasteiger partial charge in [0.15, 0.2) is 22.0 Å². The number of nitrogens with one attached hydrogen (secondary N) is 1. The van der Waals surface area contributed by atoms with Crippen molar-refractivity contribution in [1.82, 2.24) is 4.98 Å². The quantitative estimate of drug-likeness (QED) is 0.226. The summed E-state index contributed by atoms with van der Waals surface area (Å²) in [5.74, 6) is 0.0569. The molecule has 5 aromatic rings. The average molecular weight is 579 g/mol. The number of nitrogens with zero attached hydrogens (tertiary/aromatic N) is 1. The standard InChI is InChI=1S/C29H23ClN2O5S2/c1-38(33,34)25-13-9-22(10-14-25)27-17-28(39(35,36)32-29-18-37-19-31-29)23(15-20-5-3-2-4-6-20)16-26(27)21-7-11-24(30)12-8-21/h2-14,16-19,32H,15H2,1H3. The van der Waals surface area contributed by atoms with Gasteiger partial charge in [0.25, 0.3) is 10.0 Å². The fourth-order valence-corrected chi connectivity index (χ4v) is 6.26. The van der Waals surface area contributed by atoms with E-state index in [2.05, 4.69) is 9.71 Å². The van der Waals surface area contributed by atoms with E-state index in [1.807, 2.05) is 48.5 Å². The summed E-state index contributed by atoms with van der Waals surface area (Å²) in [5, 5.41) is 0.568. The second kappa shape index (κ2) is 10.7. The first-order valence-corrected chi connectivity index (χ1v) is 15.5. The van der Waals surface area contributed by atoms with Gasteiger partial charge in [-0.3, -0.25) is 4.72 Å². The van der Waals surface area contributed by atoms with Crippen LogP contribution in [-0.4, -0.2) is 28.1 Å². The topological polar surface area (TPSA) is 106 Å². The van der Waals surface area contributed by atoms with Gasteiger partial charge in [0.05, 0.1) is 9.79 Å². The van der Waals surface area contributed by atoms with E-state index >= 15 is 0 Å². The van der Waals surface area contributed by atoms with Crippen LogP contribution in [0, 0.1) is 0 Å². The molecule has 0 saturated carbocycles. The molecule has 0 saturated heterocycles. The van der Waals surface area contributed by atoms with Crippen molar-refractivity contribution in [3.05, 3.63) is 120 Å². The predicted molar refractivity (Wildman–Crippen MR) is 152 cm³/mol. The lowest BCUT2D eigenvalue weighted by molar-refractivity contribution is 0.558. The van der Waals surface area contributed by atoms with Crippen molar-refractivity contribution in [3.8, 4) is 22.3 Å². The van der Waals surface area contributed by atoms with Crippen molar-refractivity contribution < 1.29 is 21.3 Å². The van der Waals surface area contributed by atoms with Gasteiger partial charge in [-0.15, -0.1) is 0 Å². The van der Waals surface area contributed by atoms with E-state index in [0.717, 1.165) is 29.3 Å². The Hall–Kier alpha value is -3.92. The zero-order valence-electron chi connectivity index (χ0n) is 20.7. The number of sulfone groups is 1. The van der Waals surface area contributed by atoms with Gasteiger partial charge in [0, 0.05) is 11.3 Å². The lowest BCUT2D eigenvalue weighted by atomic mass is 9.91. The Morgan fingerprint density at radius 1 is 0.821 bits per heavy atom. The van der Waals surface area contributed by atoms with E-state index in [9.17, 15) is 16.8 Å². The summed E-state index contributed by atoms with van der Waals surface area (Å²) in [7, 11) is -7.50. The molecule has 39 heavy (non-hydrogen) atoms. The largest absolute Gasteiger partial charge is 0.449 e. The van der Waals surface area contributed by atoms with E-state index in [1.165, 1.54) is 18.4 Å². The Labute approximate surface area is 232 Å². The van der Waals surface area contributed by atoms with Gasteiger partial charge < -0.3 is 4.42 Å². The van der Waals surface area contributed by atoms with Crippen molar-refractivity contribution in [2.45, 2.75) is 16.2 Å². The molecule has 0 aliphatic carbocycles. The highest BCUT2D eigenvalue weighted by molar-refractivity contribution is 7.92. The lowest BCUT2D eigenvalue weighted by Gasteiger charge is -2.18. The predicted octanol–water partition coefficient (Wildman–Crippen LogP) is 6.46. The van der Waals surface area contributed by atoms with Crippen LogP contribution in [0.15, 0.2) is 118 Å². The van der Waals surface area contributed by atoms with Crippen LogP contribution in [0.1, 0.15) is 11.1 Å². The smallest absolute Gasteiger partial charge is 0.263 e. The Balaban J connectivity index is 1.75. The van der Waals surface area contributed by atoms with Gasteiger partial charge in [-0.25, -0.2) is 16.8 Å². The molecule has 0 amide bonds. The maximum atomic E-state index is 13.7. The first-order chi connectivity index (χ1) is 18.6. The summed E-state index contributed by atoms with van der Waals surface area (Å²) in [4.78, 5) is 4.13. The number of hydrogen-bond donors (Lipinski definition) is 1. The molecule has 0 atom stereocenters. The summed E-state index contributed by atoms with van der Waals surface area (Å²) in [6, 6.07) is 26.6. The summed E-state index contributed by atoms with van der Waals surface area (Å²) in [5.41, 5.74) is 4.35. The lowest BCUT2D eigenvalue weighted by Crippen LogP contribution is -2.16. The number of rotatable bonds is 8. The van der Waals surface area contributed by atoms with Crippen LogP contribution >= 0.6 is 11.6 Å². The number of oxazole rings is 1. The zero-order valence-corrected chi connectivity index (χ0v) is 23.1. The minimum Gasteiger partial charge on any atom is -0.449 e. The molecule has 0 radical (unpaired) electrons. The number of aromatic nitrogens is 1. The van der Waals surface area contributed by atoms with E-state index in [1.54, 1.807) is 30.3 Å². The Morgan fingerprint density at radius 3 is 2.03 bits per heavy atom. The van der Waals surface area contributed by atoms with Crippen molar-refractivity contribution >= 4 is 37.3 Å². The highest BCUT2D eigenvalue weighted by Gasteiger charge is 2.24. The molecule has 0 aliphatic rings. The molecule has 1 N–H and O–H groups in total. The molecule has 1 aromatic heterocycles. The second-order valence-corrected chi connectivity index (χ2v) is 13.1. The molecule has 0 aliphatic heterocycles. The third kappa shape index (κ3) is 6.06. The van der Waals surface area contributed by atoms with Crippen LogP contribution < -0.4 is 4.72 Å². The molecule has 198 valence electrons. The number of benzene rings is 4. The highest BCUT2D eigenvalue weighted by Crippen LogP contribution is 2.38. The van der Waals surface area contributed by atoms with E-state index < -0.39 is 19.9 Å². The summed E-state index contributed by atoms with van der Waals surface area (Å²) >= 11 is 6.15. The van der Waals surface area contributed by atoms with Crippen LogP contribution in [0.5, 0.6) is 0 Å². The van der Waals surface area contributed by atoms with Crippen molar-refractivity contribution in [2.75, 3.05) is 11.0 Å². The second-order valence-electron chi connectivity index (χ2n) is 8.95. The van der Waals surface area contributed by atoms with Crippen LogP contribution in [0.25, 0.3) is 22.3 Å². The Bertz CT molecular complexity index is 1820. The number of sulfonamides is 1. The van der Waals surface area contributed by atoms with Gasteiger partial charge in [-0.2, -0.15) is 4.98 Å². The molecule has 0 unspecified atom stereocenters. The normalized spacial score (nSPS) is 11.8. The third-order valence-corrected chi connectivity index (χ3v) is 8.96. The monoisotopic (exact) mass is 578 g/mol. The van der Waals surface area contributed by atoms with Crippen molar-refractivity contribution in [1.29, 1.82) is 0 Å². The van der Waals surface area contributed by atoms with E-state index in [-0.39, 0.29) is 15.6 Å². The Kier molecular flexibility index (Phi) is 7.31. The molecule has 7 nitrogen and oxygen atoms in total. The van der Waals surface area contributed by atoms with E-state index in [0.29, 0.717) is 28.1 Å². The third-order valence-electron chi connectivity index (χ3n) is 6.15. The number of halogens is 1. The maximum Gasteiger partial charge on any atom is 0.263 e. The summed E-state index contributed by atoms with van der Waals surface area (Å²) in [6.07, 6.45) is 3.84. The molecule has 5 rings (SSSR count).